The summed E-state index contributed by atoms with van der Waals surface area (Å²) < 4.78 is 0. The Balaban J connectivity index is 1.92. The first-order valence-electron chi connectivity index (χ1n) is 7.91. The van der Waals surface area contributed by atoms with Crippen molar-refractivity contribution in [2.75, 3.05) is 26.2 Å². The Bertz CT molecular complexity index is 493. The van der Waals surface area contributed by atoms with Gasteiger partial charge in [-0.2, -0.15) is 0 Å². The minimum Gasteiger partial charge on any atom is -0.314 e. The maximum absolute atomic E-state index is 3.45. The molecule has 1 aliphatic heterocycles. The van der Waals surface area contributed by atoms with Crippen LogP contribution in [0.1, 0.15) is 24.0 Å². The van der Waals surface area contributed by atoms with Gasteiger partial charge in [0.15, 0.2) is 0 Å². The summed E-state index contributed by atoms with van der Waals surface area (Å²) in [6.45, 7) is 6.84. The molecule has 1 N–H and O–H groups in total. The molecule has 0 aromatic heterocycles. The van der Waals surface area contributed by atoms with Crippen molar-refractivity contribution in [1.82, 2.24) is 10.2 Å². The Kier molecular flexibility index (Phi) is 4.69. The molecule has 1 aliphatic rings. The largest absolute Gasteiger partial charge is 0.314 e. The van der Waals surface area contributed by atoms with Crippen LogP contribution < -0.4 is 5.32 Å². The van der Waals surface area contributed by atoms with Crippen LogP contribution in [0.25, 0.3) is 0 Å². The van der Waals surface area contributed by atoms with Crippen molar-refractivity contribution in [2.45, 2.75) is 18.9 Å². The zero-order valence-corrected chi connectivity index (χ0v) is 12.7. The SMILES string of the molecule is CC(C(c1ccccc1)c1ccccc1)N1CCNCC1. The number of rotatable bonds is 4. The molecule has 1 atom stereocenters. The lowest BCUT2D eigenvalue weighted by Gasteiger charge is -2.38. The maximum Gasteiger partial charge on any atom is 0.0243 e. The van der Waals surface area contributed by atoms with E-state index in [1.54, 1.807) is 0 Å². The molecule has 0 aliphatic carbocycles. The van der Waals surface area contributed by atoms with E-state index in [-0.39, 0.29) is 0 Å². The third-order valence-electron chi connectivity index (χ3n) is 4.53. The number of nitrogens with one attached hydrogen (secondary N) is 1. The highest BCUT2D eigenvalue weighted by molar-refractivity contribution is 5.34. The predicted molar refractivity (Wildman–Crippen MR) is 88.6 cm³/mol. The fraction of sp³-hybridized carbons (Fsp3) is 0.368. The minimum atomic E-state index is 0.436. The predicted octanol–water partition coefficient (Wildman–Crippen LogP) is 3.11. The monoisotopic (exact) mass is 280 g/mol. The van der Waals surface area contributed by atoms with E-state index in [4.69, 9.17) is 0 Å². The van der Waals surface area contributed by atoms with Crippen LogP contribution in [0, 0.1) is 0 Å². The van der Waals surface area contributed by atoms with Crippen molar-refractivity contribution in [2.24, 2.45) is 0 Å². The summed E-state index contributed by atoms with van der Waals surface area (Å²) in [6.07, 6.45) is 0. The standard InChI is InChI=1S/C19H24N2/c1-16(21-14-12-20-13-15-21)19(17-8-4-2-5-9-17)18-10-6-3-7-11-18/h2-11,16,19-20H,12-15H2,1H3. The van der Waals surface area contributed by atoms with E-state index in [0.29, 0.717) is 12.0 Å². The van der Waals surface area contributed by atoms with Crippen molar-refractivity contribution in [3.05, 3.63) is 71.8 Å². The second-order valence-electron chi connectivity index (χ2n) is 5.83. The Hall–Kier alpha value is -1.64. The van der Waals surface area contributed by atoms with E-state index in [1.165, 1.54) is 11.1 Å². The fourth-order valence-electron chi connectivity index (χ4n) is 3.37. The first-order chi connectivity index (χ1) is 10.4. The topological polar surface area (TPSA) is 15.3 Å². The van der Waals surface area contributed by atoms with Gasteiger partial charge >= 0.3 is 0 Å². The first-order valence-corrected chi connectivity index (χ1v) is 7.91. The highest BCUT2D eigenvalue weighted by Crippen LogP contribution is 2.30. The molecule has 1 fully saturated rings. The van der Waals surface area contributed by atoms with Crippen LogP contribution >= 0.6 is 0 Å². The van der Waals surface area contributed by atoms with E-state index < -0.39 is 0 Å². The lowest BCUT2D eigenvalue weighted by Crippen LogP contribution is -2.49. The molecule has 1 unspecified atom stereocenters. The van der Waals surface area contributed by atoms with Gasteiger partial charge in [0.05, 0.1) is 0 Å². The van der Waals surface area contributed by atoms with Gasteiger partial charge in [-0.25, -0.2) is 0 Å². The van der Waals surface area contributed by atoms with Crippen LogP contribution in [0.3, 0.4) is 0 Å². The zero-order chi connectivity index (χ0) is 14.5. The van der Waals surface area contributed by atoms with Crippen molar-refractivity contribution >= 4 is 0 Å². The fourth-order valence-corrected chi connectivity index (χ4v) is 3.37. The summed E-state index contributed by atoms with van der Waals surface area (Å²) in [5, 5.41) is 3.45. The van der Waals surface area contributed by atoms with Crippen molar-refractivity contribution in [1.29, 1.82) is 0 Å². The van der Waals surface area contributed by atoms with Crippen LogP contribution in [-0.2, 0) is 0 Å². The Morgan fingerprint density at radius 2 is 1.29 bits per heavy atom. The summed E-state index contributed by atoms with van der Waals surface area (Å²) in [5.41, 5.74) is 2.82. The van der Waals surface area contributed by atoms with Crippen molar-refractivity contribution in [3.8, 4) is 0 Å². The van der Waals surface area contributed by atoms with Gasteiger partial charge in [0.2, 0.25) is 0 Å². The van der Waals surface area contributed by atoms with Crippen LogP contribution in [0.15, 0.2) is 60.7 Å². The molecule has 0 spiro atoms. The van der Waals surface area contributed by atoms with Gasteiger partial charge in [0.1, 0.15) is 0 Å². The highest BCUT2D eigenvalue weighted by atomic mass is 15.2. The molecule has 2 aromatic rings. The van der Waals surface area contributed by atoms with E-state index in [1.807, 2.05) is 0 Å². The molecule has 2 aromatic carbocycles. The second kappa shape index (κ2) is 6.88. The summed E-state index contributed by atoms with van der Waals surface area (Å²) >= 11 is 0. The summed E-state index contributed by atoms with van der Waals surface area (Å²) in [4.78, 5) is 2.61. The van der Waals surface area contributed by atoms with Crippen LogP contribution in [0.4, 0.5) is 0 Å². The van der Waals surface area contributed by atoms with Gasteiger partial charge < -0.3 is 5.32 Å². The number of benzene rings is 2. The molecule has 3 rings (SSSR count). The molecule has 110 valence electrons. The van der Waals surface area contributed by atoms with Gasteiger partial charge in [0, 0.05) is 38.1 Å². The lowest BCUT2D eigenvalue weighted by molar-refractivity contribution is 0.171. The third-order valence-corrected chi connectivity index (χ3v) is 4.53. The number of piperazine rings is 1. The summed E-state index contributed by atoms with van der Waals surface area (Å²) in [6, 6.07) is 22.3. The van der Waals surface area contributed by atoms with Gasteiger partial charge in [-0.15, -0.1) is 0 Å². The lowest BCUT2D eigenvalue weighted by atomic mass is 9.85. The molecule has 0 amide bonds. The second-order valence-corrected chi connectivity index (χ2v) is 5.83. The van der Waals surface area contributed by atoms with E-state index >= 15 is 0 Å². The normalized spacial score (nSPS) is 17.8. The van der Waals surface area contributed by atoms with Gasteiger partial charge in [0.25, 0.3) is 0 Å². The molecule has 0 radical (unpaired) electrons. The Morgan fingerprint density at radius 1 is 0.810 bits per heavy atom. The van der Waals surface area contributed by atoms with E-state index in [2.05, 4.69) is 77.8 Å². The Morgan fingerprint density at radius 3 is 1.76 bits per heavy atom. The van der Waals surface area contributed by atoms with Gasteiger partial charge in [-0.05, 0) is 18.1 Å². The molecule has 21 heavy (non-hydrogen) atoms. The van der Waals surface area contributed by atoms with Crippen LogP contribution in [0.5, 0.6) is 0 Å². The molecule has 2 nitrogen and oxygen atoms in total. The first kappa shape index (κ1) is 14.3. The van der Waals surface area contributed by atoms with Crippen LogP contribution in [0.2, 0.25) is 0 Å². The summed E-state index contributed by atoms with van der Waals surface area (Å²) in [5.74, 6) is 0.436. The molecular weight excluding hydrogens is 256 g/mol. The zero-order valence-electron chi connectivity index (χ0n) is 12.7. The molecule has 2 heteroatoms. The van der Waals surface area contributed by atoms with Crippen molar-refractivity contribution < 1.29 is 0 Å². The number of hydrogen-bond acceptors (Lipinski definition) is 2. The van der Waals surface area contributed by atoms with Gasteiger partial charge in [-0.3, -0.25) is 4.90 Å². The highest BCUT2D eigenvalue weighted by Gasteiger charge is 2.27. The van der Waals surface area contributed by atoms with Crippen molar-refractivity contribution in [3.63, 3.8) is 0 Å². The molecular formula is C19H24N2. The molecule has 0 bridgehead atoms. The summed E-state index contributed by atoms with van der Waals surface area (Å²) in [7, 11) is 0. The maximum atomic E-state index is 3.45. The number of nitrogens with zero attached hydrogens (tertiary/aromatic N) is 1. The van der Waals surface area contributed by atoms with E-state index in [0.717, 1.165) is 26.2 Å². The number of hydrogen-bond donors (Lipinski definition) is 1. The smallest absolute Gasteiger partial charge is 0.0243 e. The molecule has 1 saturated heterocycles. The van der Waals surface area contributed by atoms with Gasteiger partial charge in [-0.1, -0.05) is 60.7 Å². The quantitative estimate of drug-likeness (QED) is 0.926. The Labute approximate surface area is 127 Å². The minimum absolute atomic E-state index is 0.436. The van der Waals surface area contributed by atoms with E-state index in [9.17, 15) is 0 Å². The third kappa shape index (κ3) is 3.34. The molecule has 0 saturated carbocycles. The molecule has 1 heterocycles. The average molecular weight is 280 g/mol. The average Bonchev–Trinajstić information content (AvgIpc) is 2.58. The van der Waals surface area contributed by atoms with Crippen LogP contribution in [-0.4, -0.2) is 37.1 Å².